The molecule has 0 spiro atoms. The first-order valence-corrected chi connectivity index (χ1v) is 30.6. The second-order valence-electron chi connectivity index (χ2n) is 22.9. The molecule has 87 heavy (non-hydrogen) atoms. The van der Waals surface area contributed by atoms with Gasteiger partial charge in [0.05, 0.1) is 22.4 Å². The number of thiophene rings is 1. The third kappa shape index (κ3) is 9.21. The lowest BCUT2D eigenvalue weighted by Gasteiger charge is -2.14. The van der Waals surface area contributed by atoms with E-state index in [1.807, 2.05) is 11.3 Å². The molecule has 16 aromatic rings. The molecule has 0 saturated heterocycles. The van der Waals surface area contributed by atoms with Crippen molar-refractivity contribution < 1.29 is 0 Å². The molecular weight excluding hydrogens is 1070 g/mol. The monoisotopic (exact) mass is 1120 g/mol. The molecular formula is C84H52N2S. The first kappa shape index (κ1) is 50.4. The van der Waals surface area contributed by atoms with Crippen LogP contribution in [0, 0.1) is 0 Å². The van der Waals surface area contributed by atoms with E-state index in [-0.39, 0.29) is 0 Å². The van der Waals surface area contributed by atoms with Crippen LogP contribution in [0.1, 0.15) is 0 Å². The Morgan fingerprint density at radius 2 is 0.460 bits per heavy atom. The Bertz CT molecular complexity index is 5090. The fourth-order valence-corrected chi connectivity index (χ4v) is 14.4. The third-order valence-corrected chi connectivity index (χ3v) is 18.9. The minimum atomic E-state index is 0.898. The molecule has 22 bridgehead atoms. The van der Waals surface area contributed by atoms with Gasteiger partial charge in [-0.2, -0.15) is 0 Å². The van der Waals surface area contributed by atoms with Crippen LogP contribution in [0.3, 0.4) is 0 Å². The Balaban J connectivity index is 0.795. The average molecular weight is 1120 g/mol. The Morgan fingerprint density at radius 3 is 0.828 bits per heavy atom. The van der Waals surface area contributed by atoms with Crippen molar-refractivity contribution in [2.45, 2.75) is 0 Å². The molecule has 404 valence electrons. The van der Waals surface area contributed by atoms with E-state index in [0.29, 0.717) is 0 Å². The number of aromatic nitrogens is 2. The van der Waals surface area contributed by atoms with Crippen molar-refractivity contribution in [1.29, 1.82) is 0 Å². The summed E-state index contributed by atoms with van der Waals surface area (Å²) < 4.78 is 2.60. The van der Waals surface area contributed by atoms with Crippen LogP contribution in [-0.4, -0.2) is 9.97 Å². The molecule has 0 saturated carbocycles. The first-order chi connectivity index (χ1) is 43.0. The summed E-state index contributed by atoms with van der Waals surface area (Å²) in [7, 11) is 0. The van der Waals surface area contributed by atoms with E-state index < -0.39 is 0 Å². The predicted octanol–water partition coefficient (Wildman–Crippen LogP) is 23.5. The van der Waals surface area contributed by atoms with Crippen LogP contribution < -0.4 is 0 Å². The van der Waals surface area contributed by atoms with Gasteiger partial charge in [-0.15, -0.1) is 11.3 Å². The molecule has 3 heteroatoms. The van der Waals surface area contributed by atoms with Crippen LogP contribution in [0.2, 0.25) is 0 Å². The summed E-state index contributed by atoms with van der Waals surface area (Å²) in [5, 5.41) is 4.70. The standard InChI is InChI=1S/C84H52N2S/c1-2-10-59(11-3-1)75-20-8-22-77-78-23-9-21-76(84(78)87-83(75)77)74-51-72-50-73(52-74)71-19-7-17-69(49-71)56-30-26-54(27-31-56)65-13-5-15-67(47-65)58-34-38-61(39-35-58)80-45-43-63-41-40-62-42-44-79(85-81(62)82(63)86-80)60-36-32-57(33-37-60)66-14-4-12-64(46-66)53-24-28-55(29-25-53)68-16-6-18-70(72)48-68/h1-52H. The van der Waals surface area contributed by atoms with Gasteiger partial charge in [0.25, 0.3) is 0 Å². The van der Waals surface area contributed by atoms with Crippen molar-refractivity contribution in [1.82, 2.24) is 9.97 Å². The van der Waals surface area contributed by atoms with Crippen molar-refractivity contribution in [3.8, 4) is 134 Å². The Labute approximate surface area is 509 Å². The summed E-state index contributed by atoms with van der Waals surface area (Å²) in [5.74, 6) is 0. The van der Waals surface area contributed by atoms with E-state index in [2.05, 4.69) is 315 Å². The van der Waals surface area contributed by atoms with Crippen LogP contribution in [0.15, 0.2) is 315 Å². The van der Waals surface area contributed by atoms with E-state index in [1.165, 1.54) is 109 Å². The Hall–Kier alpha value is -11.1. The first-order valence-electron chi connectivity index (χ1n) is 29.7. The summed E-state index contributed by atoms with van der Waals surface area (Å²) >= 11 is 1.90. The number of rotatable bonds is 2. The topological polar surface area (TPSA) is 25.8 Å². The highest BCUT2D eigenvalue weighted by Gasteiger charge is 2.18. The molecule has 10 heterocycles. The molecule has 0 aliphatic carbocycles. The van der Waals surface area contributed by atoms with Gasteiger partial charge in [-0.1, -0.05) is 261 Å². The number of nitrogens with zero attached hydrogens (tertiary/aromatic N) is 2. The van der Waals surface area contributed by atoms with E-state index >= 15 is 0 Å². The van der Waals surface area contributed by atoms with Gasteiger partial charge < -0.3 is 0 Å². The van der Waals surface area contributed by atoms with Gasteiger partial charge in [0.2, 0.25) is 0 Å². The zero-order valence-corrected chi connectivity index (χ0v) is 48.1. The van der Waals surface area contributed by atoms with Gasteiger partial charge in [-0.05, 0) is 166 Å². The largest absolute Gasteiger partial charge is 0.245 e. The molecule has 7 aliphatic rings. The summed E-state index contributed by atoms with van der Waals surface area (Å²) in [4.78, 5) is 10.6. The van der Waals surface area contributed by atoms with E-state index in [1.54, 1.807) is 0 Å². The lowest BCUT2D eigenvalue weighted by molar-refractivity contribution is 1.36. The lowest BCUT2D eigenvalue weighted by Crippen LogP contribution is -1.91. The van der Waals surface area contributed by atoms with Crippen molar-refractivity contribution in [2.24, 2.45) is 0 Å². The summed E-state index contributed by atoms with van der Waals surface area (Å²) in [5.41, 5.74) is 29.4. The summed E-state index contributed by atoms with van der Waals surface area (Å²) in [6, 6.07) is 116. The van der Waals surface area contributed by atoms with Crippen molar-refractivity contribution >= 4 is 53.3 Å². The molecule has 0 amide bonds. The smallest absolute Gasteiger partial charge is 0.0972 e. The van der Waals surface area contributed by atoms with Gasteiger partial charge >= 0.3 is 0 Å². The van der Waals surface area contributed by atoms with Gasteiger partial charge in [-0.3, -0.25) is 0 Å². The fraction of sp³-hybridized carbons (Fsp3) is 0. The van der Waals surface area contributed by atoms with E-state index in [4.69, 9.17) is 9.97 Å². The molecule has 0 fully saturated rings. The lowest BCUT2D eigenvalue weighted by atomic mass is 9.90. The molecule has 2 nitrogen and oxygen atoms in total. The molecule has 23 rings (SSSR count). The summed E-state index contributed by atoms with van der Waals surface area (Å²) in [6.45, 7) is 0. The maximum Gasteiger partial charge on any atom is 0.0972 e. The minimum Gasteiger partial charge on any atom is -0.245 e. The number of benzene rings is 13. The van der Waals surface area contributed by atoms with E-state index in [9.17, 15) is 0 Å². The molecule has 0 atom stereocenters. The van der Waals surface area contributed by atoms with E-state index in [0.717, 1.165) is 66.6 Å². The molecule has 0 radical (unpaired) electrons. The van der Waals surface area contributed by atoms with Crippen LogP contribution >= 0.6 is 11.3 Å². The van der Waals surface area contributed by atoms with Gasteiger partial charge in [0, 0.05) is 42.1 Å². The van der Waals surface area contributed by atoms with Gasteiger partial charge in [-0.25, -0.2) is 9.97 Å². The second kappa shape index (κ2) is 20.9. The van der Waals surface area contributed by atoms with Crippen LogP contribution in [-0.2, 0) is 0 Å². The molecule has 13 aromatic carbocycles. The zero-order valence-electron chi connectivity index (χ0n) is 47.3. The molecule has 3 aromatic heterocycles. The third-order valence-electron chi connectivity index (χ3n) is 17.6. The minimum absolute atomic E-state index is 0.898. The highest BCUT2D eigenvalue weighted by Crippen LogP contribution is 2.46. The Morgan fingerprint density at radius 1 is 0.184 bits per heavy atom. The molecule has 0 unspecified atom stereocenters. The van der Waals surface area contributed by atoms with Crippen LogP contribution in [0.4, 0.5) is 0 Å². The normalized spacial score (nSPS) is 11.7. The highest BCUT2D eigenvalue weighted by atomic mass is 32.1. The highest BCUT2D eigenvalue weighted by molar-refractivity contribution is 7.26. The molecule has 0 N–H and O–H groups in total. The Kier molecular flexibility index (Phi) is 12.1. The number of pyridine rings is 2. The SMILES string of the molecule is c1ccc(-c2cccc3c2sc2c(-c4cc5cc(c4)-c4cccc(c4)-c4ccc(cc4)-c4cccc(c4)-c4ccc(cc4)-c4ccc6ccc7ccc(nc7c6n4)-c4ccc(cc4)-c4cccc(c4)-c4ccc(cc4)-c4cccc-5c4)cccc23)cc1. The number of hydrogen-bond donors (Lipinski definition) is 0. The molecule has 7 aliphatic heterocycles. The second-order valence-corrected chi connectivity index (χ2v) is 23.9. The summed E-state index contributed by atoms with van der Waals surface area (Å²) in [6.07, 6.45) is 0. The quantitative estimate of drug-likeness (QED) is 0.161. The van der Waals surface area contributed by atoms with Crippen molar-refractivity contribution in [3.63, 3.8) is 0 Å². The maximum atomic E-state index is 5.30. The number of fused-ring (bicyclic) bond motifs is 3. The number of hydrogen-bond acceptors (Lipinski definition) is 3. The van der Waals surface area contributed by atoms with Crippen LogP contribution in [0.25, 0.3) is 176 Å². The van der Waals surface area contributed by atoms with Gasteiger partial charge in [0.1, 0.15) is 0 Å². The zero-order chi connectivity index (χ0) is 57.4. The van der Waals surface area contributed by atoms with Crippen molar-refractivity contribution in [3.05, 3.63) is 315 Å². The van der Waals surface area contributed by atoms with Crippen LogP contribution in [0.5, 0.6) is 0 Å². The van der Waals surface area contributed by atoms with Gasteiger partial charge in [0.15, 0.2) is 0 Å². The average Bonchev–Trinajstić information content (AvgIpc) is 1.98. The maximum absolute atomic E-state index is 5.30. The predicted molar refractivity (Wildman–Crippen MR) is 369 cm³/mol. The van der Waals surface area contributed by atoms with Crippen molar-refractivity contribution in [2.75, 3.05) is 0 Å². The fourth-order valence-electron chi connectivity index (χ4n) is 13.0.